The molecule has 1 spiro atoms. The summed E-state index contributed by atoms with van der Waals surface area (Å²) in [6, 6.07) is 0. The van der Waals surface area contributed by atoms with Crippen molar-refractivity contribution >= 4 is 32.7 Å². The summed E-state index contributed by atoms with van der Waals surface area (Å²) in [6.07, 6.45) is 0. The van der Waals surface area contributed by atoms with Crippen LogP contribution in [0.5, 0.6) is 0 Å². The molecule has 0 nitrogen and oxygen atoms in total. The summed E-state index contributed by atoms with van der Waals surface area (Å²) < 4.78 is 1.14. The molecule has 128 valence electrons. The van der Waals surface area contributed by atoms with Crippen molar-refractivity contribution in [3.63, 3.8) is 0 Å². The van der Waals surface area contributed by atoms with Gasteiger partial charge in [-0.05, 0) is 0 Å². The Hall–Kier alpha value is 1.53. The molecule has 0 aliphatic carbocycles. The van der Waals surface area contributed by atoms with Crippen LogP contribution >= 0.6 is 32.7 Å². The summed E-state index contributed by atoms with van der Waals surface area (Å²) in [5, 5.41) is 1.23. The molecule has 10 heterocycles. The van der Waals surface area contributed by atoms with E-state index in [1.807, 2.05) is 0 Å². The van der Waals surface area contributed by atoms with Crippen molar-refractivity contribution < 1.29 is 6.51 Å². The van der Waals surface area contributed by atoms with Crippen LogP contribution in [0, 0.1) is 0 Å². The Morgan fingerprint density at radius 1 is 0.636 bits per heavy atom. The predicted octanol–water partition coefficient (Wildman–Crippen LogP) is 7.21. The molecule has 0 aromatic carbocycles. The fraction of sp³-hybridized carbons (Fsp3) is 1.00. The Balaban J connectivity index is 0.000000467. The molecule has 0 amide bonds. The van der Waals surface area contributed by atoms with Crippen LogP contribution in [0.15, 0.2) is 0 Å². The molecule has 10 rings (SSSR count). The second-order valence-corrected chi connectivity index (χ2v) is 42.4. The van der Waals surface area contributed by atoms with E-state index in [1.54, 1.807) is 0 Å². The third-order valence-corrected chi connectivity index (χ3v) is 66.7. The van der Waals surface area contributed by atoms with E-state index in [4.69, 9.17) is 0 Å². The van der Waals surface area contributed by atoms with Crippen molar-refractivity contribution in [1.29, 1.82) is 0 Å². The second-order valence-electron chi connectivity index (χ2n) is 14.3. The minimum absolute atomic E-state index is 0. The molecule has 10 fully saturated rings. The molecule has 4 atom stereocenters. The number of fused-ring (bicyclic) bond motifs is 10. The molecule has 4 heteroatoms. The quantitative estimate of drug-likeness (QED) is 0.321. The largest absolute Gasteiger partial charge is 0.147 e. The van der Waals surface area contributed by atoms with Crippen molar-refractivity contribution in [2.75, 3.05) is 0 Å². The van der Waals surface area contributed by atoms with Crippen molar-refractivity contribution in [1.82, 2.24) is 0 Å². The van der Waals surface area contributed by atoms with E-state index in [2.05, 4.69) is 41.5 Å². The van der Waals surface area contributed by atoms with Crippen LogP contribution in [-0.2, 0) is 6.51 Å². The fourth-order valence-corrected chi connectivity index (χ4v) is 111. The molecular formula is C18H29Cl2FeP. The van der Waals surface area contributed by atoms with Gasteiger partial charge >= 0.3 is 114 Å². The number of hydrogen-bond donors (Lipinski definition) is 0. The van der Waals surface area contributed by atoms with Gasteiger partial charge in [-0.2, -0.15) is 0 Å². The molecule has 0 aromatic heterocycles. The van der Waals surface area contributed by atoms with Crippen LogP contribution in [0.25, 0.3) is 0 Å². The summed E-state index contributed by atoms with van der Waals surface area (Å²) >= 11 is 0. The SMILES string of the molecule is CC(C)(C)P(C(C)(C)C)[C]12[CH]3[CH]4[CH]5[CH]1[Fe]45321678[CH]2[CH]1[CH]6[CH]7[CH]28.Cl.Cl. The van der Waals surface area contributed by atoms with Crippen LogP contribution in [0.2, 0.25) is 43.3 Å². The first-order valence-corrected chi connectivity index (χ1v) is 16.6. The molecular weight excluding hydrogens is 374 g/mol. The second kappa shape index (κ2) is 1.17. The monoisotopic (exact) mass is 402 g/mol. The van der Waals surface area contributed by atoms with E-state index in [0.717, 1.165) is 4.05 Å². The summed E-state index contributed by atoms with van der Waals surface area (Å²) in [4.78, 5) is 13.6. The first kappa shape index (κ1) is 12.8. The molecule has 22 heavy (non-hydrogen) atoms. The minimum atomic E-state index is -2.88. The van der Waals surface area contributed by atoms with Gasteiger partial charge in [-0.25, -0.2) is 0 Å². The Kier molecular flexibility index (Phi) is 0.681. The molecule has 0 aromatic rings. The topological polar surface area (TPSA) is 0 Å². The molecule has 0 saturated carbocycles. The van der Waals surface area contributed by atoms with Crippen LogP contribution in [-0.4, -0.2) is 14.4 Å². The van der Waals surface area contributed by atoms with Crippen LogP contribution in [0.1, 0.15) is 41.5 Å². The van der Waals surface area contributed by atoms with Crippen molar-refractivity contribution in [2.24, 2.45) is 0 Å². The molecule has 10 aliphatic heterocycles. The third kappa shape index (κ3) is 0.168. The average molecular weight is 403 g/mol. The van der Waals surface area contributed by atoms with Gasteiger partial charge in [0.1, 0.15) is 0 Å². The zero-order chi connectivity index (χ0) is 13.6. The third-order valence-electron chi connectivity index (χ3n) is 16.3. The molecule has 4 unspecified atom stereocenters. The zero-order valence-corrected chi connectivity index (χ0v) is 17.9. The number of hydrogen-bond acceptors (Lipinski definition) is 0. The minimum Gasteiger partial charge on any atom is -0.147 e. The van der Waals surface area contributed by atoms with Gasteiger partial charge in [0, 0.05) is 0 Å². The van der Waals surface area contributed by atoms with E-state index in [1.165, 1.54) is 43.3 Å². The van der Waals surface area contributed by atoms with E-state index >= 15 is 0 Å². The maximum absolute atomic E-state index is 2.88. The normalized spacial score (nSPS) is 95.7. The van der Waals surface area contributed by atoms with Crippen LogP contribution < -0.4 is 0 Å². The van der Waals surface area contributed by atoms with Gasteiger partial charge in [0.2, 0.25) is 0 Å². The van der Waals surface area contributed by atoms with E-state index in [-0.39, 0.29) is 32.7 Å². The standard InChI is InChI=1S/C13H22P.C5H5.2ClH.Fe/c1-12(2,3)14(13(4,5)6)11-9-7-8-10-11;1-2-4-5-3-1;;;/h7-10H,1-6H3;1-5H;2*1H;. The smallest absolute Gasteiger partial charge is 0.147 e. The molecule has 0 N–H and O–H groups in total. The van der Waals surface area contributed by atoms with E-state index in [0.29, 0.717) is 10.3 Å². The van der Waals surface area contributed by atoms with Gasteiger partial charge in [-0.15, -0.1) is 24.8 Å². The first-order valence-electron chi connectivity index (χ1n) is 8.93. The fourth-order valence-electron chi connectivity index (χ4n) is 18.7. The molecule has 10 aliphatic rings. The summed E-state index contributed by atoms with van der Waals surface area (Å²) in [5.74, 6) is 0. The summed E-state index contributed by atoms with van der Waals surface area (Å²) in [6.45, 7) is 12.9. The maximum atomic E-state index is 2.64. The molecule has 10 saturated heterocycles. The van der Waals surface area contributed by atoms with Gasteiger partial charge in [-0.1, -0.05) is 0 Å². The van der Waals surface area contributed by atoms with Crippen molar-refractivity contribution in [2.45, 2.75) is 99.3 Å². The molecule has 0 bridgehead atoms. The summed E-state index contributed by atoms with van der Waals surface area (Å²) in [5.41, 5.74) is 0. The Labute approximate surface area is 138 Å². The Morgan fingerprint density at radius 3 is 1.09 bits per heavy atom. The zero-order valence-electron chi connectivity index (χ0n) is 14.3. The van der Waals surface area contributed by atoms with Gasteiger partial charge in [0.15, 0.2) is 0 Å². The first-order chi connectivity index (χ1) is 8.91. The van der Waals surface area contributed by atoms with Gasteiger partial charge in [0.05, 0.1) is 0 Å². The van der Waals surface area contributed by atoms with Crippen LogP contribution in [0.3, 0.4) is 0 Å². The molecule has 0 radical (unpaired) electrons. The van der Waals surface area contributed by atoms with Gasteiger partial charge in [-0.3, -0.25) is 0 Å². The Bertz CT molecular complexity index is 968. The van der Waals surface area contributed by atoms with Gasteiger partial charge < -0.3 is 0 Å². The van der Waals surface area contributed by atoms with E-state index < -0.39 is 6.51 Å². The summed E-state index contributed by atoms with van der Waals surface area (Å²) in [7, 11) is 0.240. The maximum Gasteiger partial charge on any atom is -0.147 e. The van der Waals surface area contributed by atoms with Crippen LogP contribution in [0.4, 0.5) is 0 Å². The predicted molar refractivity (Wildman–Crippen MR) is 97.4 cm³/mol. The van der Waals surface area contributed by atoms with Crippen molar-refractivity contribution in [3.05, 3.63) is 0 Å². The Morgan fingerprint density at radius 2 is 0.955 bits per heavy atom. The number of halogens is 2. The van der Waals surface area contributed by atoms with Gasteiger partial charge in [0.25, 0.3) is 0 Å². The number of rotatable bonds is 1. The van der Waals surface area contributed by atoms with E-state index in [9.17, 15) is 0 Å². The average Bonchev–Trinajstić information content (AvgIpc) is 3.20. The van der Waals surface area contributed by atoms with Crippen molar-refractivity contribution in [3.8, 4) is 0 Å².